The van der Waals surface area contributed by atoms with Gasteiger partial charge < -0.3 is 10.1 Å². The van der Waals surface area contributed by atoms with Crippen LogP contribution in [0.25, 0.3) is 10.9 Å². The second-order valence-electron chi connectivity index (χ2n) is 3.47. The number of fused-ring (bicyclic) bond motifs is 1. The SMILES string of the molecule is O=C(O)c1cc2cc([N+](=O)[O-])c(F)cc2[nH]c1=O. The molecule has 0 saturated carbocycles. The average Bonchev–Trinajstić information content (AvgIpc) is 2.26. The first-order valence-electron chi connectivity index (χ1n) is 4.64. The van der Waals surface area contributed by atoms with Crippen LogP contribution in [-0.2, 0) is 0 Å². The predicted octanol–water partition coefficient (Wildman–Crippen LogP) is 1.27. The van der Waals surface area contributed by atoms with Crippen LogP contribution in [0.3, 0.4) is 0 Å². The summed E-state index contributed by atoms with van der Waals surface area (Å²) in [4.78, 5) is 33.8. The highest BCUT2D eigenvalue weighted by molar-refractivity contribution is 5.92. The zero-order valence-corrected chi connectivity index (χ0v) is 8.64. The molecule has 7 nitrogen and oxygen atoms in total. The molecular weight excluding hydrogens is 247 g/mol. The number of H-pyrrole nitrogens is 1. The third-order valence-electron chi connectivity index (χ3n) is 2.34. The number of nitrogens with one attached hydrogen (secondary N) is 1. The van der Waals surface area contributed by atoms with Crippen LogP contribution in [-0.4, -0.2) is 21.0 Å². The number of rotatable bonds is 2. The predicted molar refractivity (Wildman–Crippen MR) is 58.1 cm³/mol. The summed E-state index contributed by atoms with van der Waals surface area (Å²) in [5.74, 6) is -2.57. The average molecular weight is 252 g/mol. The number of aromatic carboxylic acids is 1. The van der Waals surface area contributed by atoms with E-state index in [1.807, 2.05) is 0 Å². The van der Waals surface area contributed by atoms with Crippen LogP contribution < -0.4 is 5.56 Å². The van der Waals surface area contributed by atoms with Crippen molar-refractivity contribution in [2.75, 3.05) is 0 Å². The number of nitrogens with zero attached hydrogens (tertiary/aromatic N) is 1. The Balaban J connectivity index is 2.83. The number of aromatic nitrogens is 1. The molecule has 2 aromatic rings. The monoisotopic (exact) mass is 252 g/mol. The molecule has 0 atom stereocenters. The molecule has 0 amide bonds. The molecule has 1 aromatic heterocycles. The van der Waals surface area contributed by atoms with Crippen LogP contribution in [0.4, 0.5) is 10.1 Å². The first-order chi connectivity index (χ1) is 8.40. The van der Waals surface area contributed by atoms with E-state index in [0.29, 0.717) is 0 Å². The van der Waals surface area contributed by atoms with Gasteiger partial charge in [-0.1, -0.05) is 0 Å². The van der Waals surface area contributed by atoms with E-state index in [-0.39, 0.29) is 10.9 Å². The summed E-state index contributed by atoms with van der Waals surface area (Å²) >= 11 is 0. The molecule has 2 rings (SSSR count). The van der Waals surface area contributed by atoms with E-state index in [2.05, 4.69) is 4.98 Å². The van der Waals surface area contributed by atoms with E-state index in [1.54, 1.807) is 0 Å². The third kappa shape index (κ3) is 1.79. The fraction of sp³-hybridized carbons (Fsp3) is 0. The Labute approximate surface area is 97.6 Å². The number of halogens is 1. The Kier molecular flexibility index (Phi) is 2.55. The summed E-state index contributed by atoms with van der Waals surface area (Å²) < 4.78 is 13.3. The molecule has 1 heterocycles. The first kappa shape index (κ1) is 11.7. The van der Waals surface area contributed by atoms with E-state index in [9.17, 15) is 24.1 Å². The second kappa shape index (κ2) is 3.91. The van der Waals surface area contributed by atoms with Gasteiger partial charge in [-0.2, -0.15) is 4.39 Å². The zero-order chi connectivity index (χ0) is 13.4. The Hall–Kier alpha value is -2.77. The maximum Gasteiger partial charge on any atom is 0.341 e. The number of carboxylic acids is 1. The van der Waals surface area contributed by atoms with Crippen LogP contribution in [0.2, 0.25) is 0 Å². The van der Waals surface area contributed by atoms with Crippen molar-refractivity contribution in [2.24, 2.45) is 0 Å². The summed E-state index contributed by atoms with van der Waals surface area (Å²) in [7, 11) is 0. The van der Waals surface area contributed by atoms with Crippen molar-refractivity contribution in [3.8, 4) is 0 Å². The summed E-state index contributed by atoms with van der Waals surface area (Å²) in [5.41, 5.74) is -2.26. The maximum absolute atomic E-state index is 13.3. The highest BCUT2D eigenvalue weighted by atomic mass is 19.1. The molecule has 2 N–H and O–H groups in total. The van der Waals surface area contributed by atoms with Gasteiger partial charge in [-0.15, -0.1) is 0 Å². The number of hydrogen-bond donors (Lipinski definition) is 2. The molecule has 1 aromatic carbocycles. The Morgan fingerprint density at radius 2 is 2.06 bits per heavy atom. The molecule has 8 heteroatoms. The lowest BCUT2D eigenvalue weighted by atomic mass is 10.1. The topological polar surface area (TPSA) is 113 Å². The van der Waals surface area contributed by atoms with E-state index in [1.165, 1.54) is 0 Å². The van der Waals surface area contributed by atoms with E-state index >= 15 is 0 Å². The second-order valence-corrected chi connectivity index (χ2v) is 3.47. The lowest BCUT2D eigenvalue weighted by Gasteiger charge is -2.01. The summed E-state index contributed by atoms with van der Waals surface area (Å²) in [6.45, 7) is 0. The fourth-order valence-corrected chi connectivity index (χ4v) is 1.52. The minimum Gasteiger partial charge on any atom is -0.477 e. The molecule has 0 spiro atoms. The maximum atomic E-state index is 13.3. The number of carbonyl (C=O) groups is 1. The number of nitro groups is 1. The molecule has 0 aliphatic carbocycles. The molecule has 0 aliphatic rings. The number of pyridine rings is 1. The van der Waals surface area contributed by atoms with Gasteiger partial charge in [0.1, 0.15) is 5.56 Å². The van der Waals surface area contributed by atoms with Gasteiger partial charge in [0.25, 0.3) is 5.56 Å². The lowest BCUT2D eigenvalue weighted by molar-refractivity contribution is -0.387. The number of carboxylic acid groups (broad SMARTS) is 1. The number of benzene rings is 1. The van der Waals surface area contributed by atoms with Crippen molar-refractivity contribution in [1.29, 1.82) is 0 Å². The first-order valence-corrected chi connectivity index (χ1v) is 4.64. The molecule has 0 bridgehead atoms. The minimum absolute atomic E-state index is 0.00639. The van der Waals surface area contributed by atoms with Crippen LogP contribution in [0.15, 0.2) is 23.0 Å². The number of nitro benzene ring substituents is 1. The van der Waals surface area contributed by atoms with Crippen molar-refractivity contribution in [2.45, 2.75) is 0 Å². The molecule has 18 heavy (non-hydrogen) atoms. The largest absolute Gasteiger partial charge is 0.477 e. The quantitative estimate of drug-likeness (QED) is 0.617. The van der Waals surface area contributed by atoms with Crippen LogP contribution in [0, 0.1) is 15.9 Å². The van der Waals surface area contributed by atoms with Gasteiger partial charge in [-0.3, -0.25) is 14.9 Å². The fourth-order valence-electron chi connectivity index (χ4n) is 1.52. The smallest absolute Gasteiger partial charge is 0.341 e. The number of aromatic amines is 1. The van der Waals surface area contributed by atoms with Gasteiger partial charge in [0.15, 0.2) is 0 Å². The molecular formula is C10H5FN2O5. The molecule has 0 radical (unpaired) electrons. The van der Waals surface area contributed by atoms with Crippen LogP contribution >= 0.6 is 0 Å². The van der Waals surface area contributed by atoms with Gasteiger partial charge in [-0.25, -0.2) is 4.79 Å². The summed E-state index contributed by atoms with van der Waals surface area (Å²) in [6, 6.07) is 2.61. The van der Waals surface area contributed by atoms with Crippen LogP contribution in [0.1, 0.15) is 10.4 Å². The van der Waals surface area contributed by atoms with E-state index in [4.69, 9.17) is 5.11 Å². The van der Waals surface area contributed by atoms with Gasteiger partial charge in [0.2, 0.25) is 5.82 Å². The minimum atomic E-state index is -1.47. The zero-order valence-electron chi connectivity index (χ0n) is 8.64. The van der Waals surface area contributed by atoms with Crippen molar-refractivity contribution in [1.82, 2.24) is 4.98 Å². The van der Waals surface area contributed by atoms with Gasteiger partial charge in [0.05, 0.1) is 10.4 Å². The summed E-state index contributed by atoms with van der Waals surface area (Å²) in [5, 5.41) is 19.3. The van der Waals surface area contributed by atoms with Crippen molar-refractivity contribution in [3.05, 3.63) is 50.0 Å². The lowest BCUT2D eigenvalue weighted by Crippen LogP contribution is -2.17. The molecule has 92 valence electrons. The van der Waals surface area contributed by atoms with Gasteiger partial charge in [0, 0.05) is 17.5 Å². The summed E-state index contributed by atoms with van der Waals surface area (Å²) in [6.07, 6.45) is 0. The van der Waals surface area contributed by atoms with Gasteiger partial charge in [-0.05, 0) is 6.07 Å². The van der Waals surface area contributed by atoms with Crippen molar-refractivity contribution < 1.29 is 19.2 Å². The Bertz CT molecular complexity index is 737. The number of hydrogen-bond acceptors (Lipinski definition) is 4. The molecule has 0 unspecified atom stereocenters. The van der Waals surface area contributed by atoms with E-state index < -0.39 is 33.5 Å². The van der Waals surface area contributed by atoms with Crippen LogP contribution in [0.5, 0.6) is 0 Å². The Morgan fingerprint density at radius 3 is 2.61 bits per heavy atom. The van der Waals surface area contributed by atoms with Crippen molar-refractivity contribution >= 4 is 22.6 Å². The third-order valence-corrected chi connectivity index (χ3v) is 2.34. The molecule has 0 fully saturated rings. The van der Waals surface area contributed by atoms with Crippen molar-refractivity contribution in [3.63, 3.8) is 0 Å². The highest BCUT2D eigenvalue weighted by Crippen LogP contribution is 2.23. The molecule has 0 aliphatic heterocycles. The Morgan fingerprint density at radius 1 is 1.39 bits per heavy atom. The normalized spacial score (nSPS) is 10.5. The molecule has 0 saturated heterocycles. The highest BCUT2D eigenvalue weighted by Gasteiger charge is 2.17. The standard InChI is InChI=1S/C10H5FN2O5/c11-6-3-7-4(2-8(6)13(17)18)1-5(10(15)16)9(14)12-7/h1-3H,(H,12,14)(H,15,16). The van der Waals surface area contributed by atoms with E-state index in [0.717, 1.165) is 18.2 Å². The van der Waals surface area contributed by atoms with Gasteiger partial charge >= 0.3 is 11.7 Å².